The van der Waals surface area contributed by atoms with Crippen LogP contribution in [0.15, 0.2) is 72.9 Å². The Balaban J connectivity index is 5.10. The second-order valence-electron chi connectivity index (χ2n) is 24.7. The van der Waals surface area contributed by atoms with Gasteiger partial charge in [0.05, 0.1) is 33.8 Å². The van der Waals surface area contributed by atoms with Gasteiger partial charge in [-0.1, -0.05) is 280 Å². The van der Waals surface area contributed by atoms with Gasteiger partial charge >= 0.3 is 5.97 Å². The molecule has 0 rings (SSSR count). The molecule has 3 unspecified atom stereocenters. The molecule has 478 valence electrons. The number of phosphoric ester groups is 1. The van der Waals surface area contributed by atoms with Crippen LogP contribution in [0.1, 0.15) is 323 Å². The number of rotatable bonds is 63. The van der Waals surface area contributed by atoms with E-state index in [2.05, 4.69) is 86.8 Å². The first kappa shape index (κ1) is 79.5. The molecule has 1 amide bonds. The van der Waals surface area contributed by atoms with Crippen LogP contribution in [0.5, 0.6) is 0 Å². The summed E-state index contributed by atoms with van der Waals surface area (Å²) in [6, 6.07) is -0.896. The average Bonchev–Trinajstić information content (AvgIpc) is 3.45. The van der Waals surface area contributed by atoms with Crippen LogP contribution < -0.4 is 10.2 Å². The number of amides is 1. The van der Waals surface area contributed by atoms with Crippen molar-refractivity contribution in [1.29, 1.82) is 0 Å². The molecule has 1 N–H and O–H groups in total. The highest BCUT2D eigenvalue weighted by Crippen LogP contribution is 2.38. The van der Waals surface area contributed by atoms with Crippen molar-refractivity contribution in [2.75, 3.05) is 40.9 Å². The lowest BCUT2D eigenvalue weighted by molar-refractivity contribution is -0.870. The lowest BCUT2D eigenvalue weighted by atomic mass is 10.0. The van der Waals surface area contributed by atoms with E-state index in [1.165, 1.54) is 193 Å². The molecule has 3 atom stereocenters. The van der Waals surface area contributed by atoms with Gasteiger partial charge < -0.3 is 28.5 Å². The maximum absolute atomic E-state index is 13.6. The number of nitrogens with one attached hydrogen (secondary N) is 1. The third-order valence-corrected chi connectivity index (χ3v) is 16.3. The Hall–Kier alpha value is -2.55. The van der Waals surface area contributed by atoms with Crippen LogP contribution in [0.3, 0.4) is 0 Å². The zero-order chi connectivity index (χ0) is 60.0. The van der Waals surface area contributed by atoms with Crippen LogP contribution in [0.25, 0.3) is 0 Å². The highest BCUT2D eigenvalue weighted by molar-refractivity contribution is 7.45. The van der Waals surface area contributed by atoms with E-state index in [4.69, 9.17) is 13.8 Å². The Morgan fingerprint density at radius 1 is 0.427 bits per heavy atom. The fourth-order valence-corrected chi connectivity index (χ4v) is 10.7. The number of ether oxygens (including phenoxy) is 1. The summed E-state index contributed by atoms with van der Waals surface area (Å²) in [5.74, 6) is -0.546. The van der Waals surface area contributed by atoms with Gasteiger partial charge in [0.25, 0.3) is 7.82 Å². The summed E-state index contributed by atoms with van der Waals surface area (Å²) in [5.41, 5.74) is 0. The summed E-state index contributed by atoms with van der Waals surface area (Å²) in [6.45, 7) is 6.83. The zero-order valence-electron chi connectivity index (χ0n) is 54.7. The first-order valence-electron chi connectivity index (χ1n) is 34.7. The van der Waals surface area contributed by atoms with Crippen molar-refractivity contribution in [2.45, 2.75) is 335 Å². The number of hydrogen-bond donors (Lipinski definition) is 1. The molecular weight excluding hydrogens is 1040 g/mol. The maximum Gasteiger partial charge on any atom is 0.306 e. The minimum absolute atomic E-state index is 0.0254. The summed E-state index contributed by atoms with van der Waals surface area (Å²) in [6.07, 6.45) is 80.2. The molecule has 9 nitrogen and oxygen atoms in total. The standard InChI is InChI=1S/C72H133N2O7P/c1-7-10-13-16-19-22-25-28-30-32-33-34-35-36-37-38-39-40-41-42-44-47-50-53-56-59-62-65-72(76)81-70(63-60-57-54-51-48-45-27-24-21-18-15-12-9-3)69(68-80-82(77,78)79-67-66-74(4,5)6)73-71(75)64-61-58-55-52-49-46-43-31-29-26-23-20-17-14-11-8-2/h19,22,28,30-31,33-34,36-37,43,60,63,69-70H,7-18,20-21,23-27,29,32,35,38-42,44-59,61-62,64-68H2,1-6H3,(H-,73,75,77,78)/b22-19-,30-28-,34-33-,37-36-,43-31+,63-60-. The summed E-state index contributed by atoms with van der Waals surface area (Å²) >= 11 is 0. The van der Waals surface area contributed by atoms with Crippen molar-refractivity contribution in [3.8, 4) is 0 Å². The summed E-state index contributed by atoms with van der Waals surface area (Å²) < 4.78 is 30.4. The third kappa shape index (κ3) is 62.0. The Morgan fingerprint density at radius 3 is 1.15 bits per heavy atom. The Kier molecular flexibility index (Phi) is 59.6. The van der Waals surface area contributed by atoms with Gasteiger partial charge in [-0.25, -0.2) is 0 Å². The van der Waals surface area contributed by atoms with Crippen molar-refractivity contribution in [3.63, 3.8) is 0 Å². The number of phosphoric acid groups is 1. The van der Waals surface area contributed by atoms with Gasteiger partial charge in [-0.15, -0.1) is 0 Å². The number of likely N-dealkylation sites (N-methyl/N-ethyl adjacent to an activating group) is 1. The predicted molar refractivity (Wildman–Crippen MR) is 353 cm³/mol. The molecule has 0 radical (unpaired) electrons. The van der Waals surface area contributed by atoms with Gasteiger partial charge in [0.1, 0.15) is 19.3 Å². The van der Waals surface area contributed by atoms with E-state index in [-0.39, 0.29) is 24.9 Å². The maximum atomic E-state index is 13.6. The molecule has 0 aliphatic rings. The van der Waals surface area contributed by atoms with Crippen molar-refractivity contribution >= 4 is 19.7 Å². The van der Waals surface area contributed by atoms with Crippen molar-refractivity contribution in [1.82, 2.24) is 5.32 Å². The zero-order valence-corrected chi connectivity index (χ0v) is 55.6. The summed E-state index contributed by atoms with van der Waals surface area (Å²) in [7, 11) is 1.18. The molecule has 0 aliphatic heterocycles. The van der Waals surface area contributed by atoms with Gasteiger partial charge in [-0.05, 0) is 102 Å². The molecule has 82 heavy (non-hydrogen) atoms. The Bertz CT molecular complexity index is 1630. The molecule has 0 heterocycles. The molecule has 0 aromatic heterocycles. The number of allylic oxidation sites excluding steroid dienone is 11. The molecule has 0 aromatic rings. The number of hydrogen-bond acceptors (Lipinski definition) is 7. The predicted octanol–water partition coefficient (Wildman–Crippen LogP) is 21.3. The average molecular weight is 1170 g/mol. The number of unbranched alkanes of at least 4 members (excludes halogenated alkanes) is 37. The summed E-state index contributed by atoms with van der Waals surface area (Å²) in [4.78, 5) is 40.1. The minimum atomic E-state index is -4.71. The van der Waals surface area contributed by atoms with E-state index in [1.807, 2.05) is 33.3 Å². The van der Waals surface area contributed by atoms with Crippen molar-refractivity contribution in [3.05, 3.63) is 72.9 Å². The number of nitrogens with zero attached hydrogens (tertiary/aromatic N) is 1. The van der Waals surface area contributed by atoms with Crippen molar-refractivity contribution < 1.29 is 37.3 Å². The molecule has 0 aromatic carbocycles. The number of carbonyl (C=O) groups is 2. The fraction of sp³-hybridized carbons (Fsp3) is 0.806. The molecule has 0 saturated carbocycles. The highest BCUT2D eigenvalue weighted by atomic mass is 31.2. The topological polar surface area (TPSA) is 114 Å². The lowest BCUT2D eigenvalue weighted by Crippen LogP contribution is -2.47. The van der Waals surface area contributed by atoms with E-state index in [0.29, 0.717) is 17.4 Å². The van der Waals surface area contributed by atoms with E-state index in [0.717, 1.165) is 96.3 Å². The molecule has 0 fully saturated rings. The molecule has 0 bridgehead atoms. The second kappa shape index (κ2) is 61.5. The molecule has 0 spiro atoms. The quantitative estimate of drug-likeness (QED) is 0.0212. The third-order valence-electron chi connectivity index (χ3n) is 15.4. The number of quaternary nitrogens is 1. The normalized spacial score (nSPS) is 14.0. The second-order valence-corrected chi connectivity index (χ2v) is 26.1. The SMILES string of the molecule is CCCCC/C=C\C/C=C\C/C=C\C/C=C\CCCCCCCCCCCCCC(=O)OC(/C=C\CCCCCCCCCCCCC)C(COP(=O)([O-])OCC[N+](C)(C)C)NC(=O)CCCCCCC/C=C/CCCCCCCCC. The van der Waals surface area contributed by atoms with Crippen LogP contribution in [0, 0.1) is 0 Å². The van der Waals surface area contributed by atoms with Crippen LogP contribution >= 0.6 is 7.82 Å². The Labute approximate surface area is 508 Å². The molecule has 10 heteroatoms. The number of esters is 1. The van der Waals surface area contributed by atoms with Crippen LogP contribution in [0.2, 0.25) is 0 Å². The minimum Gasteiger partial charge on any atom is -0.756 e. The van der Waals surface area contributed by atoms with Gasteiger partial charge in [0, 0.05) is 12.8 Å². The van der Waals surface area contributed by atoms with Gasteiger partial charge in [0.15, 0.2) is 0 Å². The monoisotopic (exact) mass is 1170 g/mol. The van der Waals surface area contributed by atoms with Crippen LogP contribution in [-0.2, 0) is 27.9 Å². The molecular formula is C72H133N2O7P. The molecule has 0 aliphatic carbocycles. The van der Waals surface area contributed by atoms with Gasteiger partial charge in [0.2, 0.25) is 5.91 Å². The largest absolute Gasteiger partial charge is 0.756 e. The van der Waals surface area contributed by atoms with Crippen LogP contribution in [0.4, 0.5) is 0 Å². The Morgan fingerprint density at radius 2 is 0.744 bits per heavy atom. The summed E-state index contributed by atoms with van der Waals surface area (Å²) in [5, 5.41) is 3.03. The molecule has 0 saturated heterocycles. The van der Waals surface area contributed by atoms with Gasteiger partial charge in [-0.2, -0.15) is 0 Å². The van der Waals surface area contributed by atoms with Gasteiger partial charge in [-0.3, -0.25) is 14.2 Å². The number of carbonyl (C=O) groups excluding carboxylic acids is 2. The van der Waals surface area contributed by atoms with E-state index in [1.54, 1.807) is 0 Å². The smallest absolute Gasteiger partial charge is 0.306 e. The van der Waals surface area contributed by atoms with Crippen molar-refractivity contribution in [2.24, 2.45) is 0 Å². The first-order valence-corrected chi connectivity index (χ1v) is 36.2. The van der Waals surface area contributed by atoms with E-state index in [9.17, 15) is 19.0 Å². The lowest BCUT2D eigenvalue weighted by Gasteiger charge is -2.30. The fourth-order valence-electron chi connectivity index (χ4n) is 9.97. The highest BCUT2D eigenvalue weighted by Gasteiger charge is 2.27. The first-order chi connectivity index (χ1) is 39.9. The van der Waals surface area contributed by atoms with E-state index >= 15 is 0 Å². The van der Waals surface area contributed by atoms with Crippen LogP contribution in [-0.4, -0.2) is 69.4 Å². The van der Waals surface area contributed by atoms with E-state index < -0.39 is 26.6 Å².